The molecule has 0 saturated carbocycles. The van der Waals surface area contributed by atoms with Crippen LogP contribution in [0, 0.1) is 13.8 Å². The van der Waals surface area contributed by atoms with Gasteiger partial charge in [-0.1, -0.05) is 11.6 Å². The molecule has 0 saturated heterocycles. The average molecular weight is 406 g/mol. The molecule has 1 aromatic carbocycles. The Hall–Kier alpha value is -2.64. The summed E-state index contributed by atoms with van der Waals surface area (Å²) in [5.74, 6) is -0.950. The number of thiophene rings is 1. The van der Waals surface area contributed by atoms with Crippen LogP contribution in [0.2, 0.25) is 5.02 Å². The topological polar surface area (TPSA) is 85.6 Å². The molecule has 8 heteroatoms. The van der Waals surface area contributed by atoms with Crippen molar-refractivity contribution < 1.29 is 18.7 Å². The lowest BCUT2D eigenvalue weighted by Crippen LogP contribution is -2.30. The Bertz CT molecular complexity index is 1090. The van der Waals surface area contributed by atoms with Crippen LogP contribution in [0.1, 0.15) is 25.7 Å². The molecular weight excluding hydrogens is 390 g/mol. The molecule has 0 radical (unpaired) electrons. The summed E-state index contributed by atoms with van der Waals surface area (Å²) >= 11 is 7.47. The molecule has 0 spiro atoms. The lowest BCUT2D eigenvalue weighted by atomic mass is 10.1. The molecular formula is C19H16ClNO5S. The van der Waals surface area contributed by atoms with Gasteiger partial charge in [-0.15, -0.1) is 11.3 Å². The SMILES string of the molecule is Cc1ccc(C(=O)NCC(=O)OCc2cc(=O)oc3cc(C)c(Cl)cc23)s1. The van der Waals surface area contributed by atoms with Gasteiger partial charge in [0.15, 0.2) is 0 Å². The fourth-order valence-corrected chi connectivity index (χ4v) is 3.42. The maximum atomic E-state index is 11.9. The number of halogens is 1. The first-order valence-corrected chi connectivity index (χ1v) is 9.26. The summed E-state index contributed by atoms with van der Waals surface area (Å²) in [6.45, 7) is 3.29. The monoisotopic (exact) mass is 405 g/mol. The highest BCUT2D eigenvalue weighted by Crippen LogP contribution is 2.25. The normalized spacial score (nSPS) is 10.8. The maximum absolute atomic E-state index is 11.9. The fourth-order valence-electron chi connectivity index (χ4n) is 2.47. The van der Waals surface area contributed by atoms with Crippen molar-refractivity contribution in [2.75, 3.05) is 6.54 Å². The van der Waals surface area contributed by atoms with Crippen molar-refractivity contribution in [3.63, 3.8) is 0 Å². The Morgan fingerprint density at radius 3 is 2.70 bits per heavy atom. The number of benzene rings is 1. The second kappa shape index (κ2) is 7.94. The minimum absolute atomic E-state index is 0.131. The van der Waals surface area contributed by atoms with Gasteiger partial charge in [0.25, 0.3) is 5.91 Å². The first kappa shape index (κ1) is 19.1. The van der Waals surface area contributed by atoms with Crippen molar-refractivity contribution >= 4 is 45.8 Å². The van der Waals surface area contributed by atoms with E-state index in [0.717, 1.165) is 10.4 Å². The van der Waals surface area contributed by atoms with E-state index in [9.17, 15) is 14.4 Å². The van der Waals surface area contributed by atoms with Gasteiger partial charge in [0, 0.05) is 26.9 Å². The molecule has 0 atom stereocenters. The van der Waals surface area contributed by atoms with E-state index < -0.39 is 11.6 Å². The smallest absolute Gasteiger partial charge is 0.336 e. The predicted molar refractivity (Wildman–Crippen MR) is 103 cm³/mol. The molecule has 0 bridgehead atoms. The van der Waals surface area contributed by atoms with Gasteiger partial charge in [0.05, 0.1) is 4.88 Å². The van der Waals surface area contributed by atoms with Crippen molar-refractivity contribution in [1.29, 1.82) is 0 Å². The number of rotatable bonds is 5. The van der Waals surface area contributed by atoms with E-state index in [1.165, 1.54) is 17.4 Å². The van der Waals surface area contributed by atoms with E-state index in [0.29, 0.717) is 26.4 Å². The van der Waals surface area contributed by atoms with Gasteiger partial charge in [-0.3, -0.25) is 9.59 Å². The zero-order valence-electron chi connectivity index (χ0n) is 14.6. The number of aryl methyl sites for hydroxylation is 2. The molecule has 2 heterocycles. The molecule has 27 heavy (non-hydrogen) atoms. The van der Waals surface area contributed by atoms with Crippen molar-refractivity contribution in [2.24, 2.45) is 0 Å². The third-order valence-electron chi connectivity index (χ3n) is 3.86. The summed E-state index contributed by atoms with van der Waals surface area (Å²) in [4.78, 5) is 37.1. The van der Waals surface area contributed by atoms with Crippen LogP contribution in [0.15, 0.2) is 39.5 Å². The van der Waals surface area contributed by atoms with Crippen molar-refractivity contribution in [3.8, 4) is 0 Å². The predicted octanol–water partition coefficient (Wildman–Crippen LogP) is 3.60. The molecule has 0 aliphatic carbocycles. The van der Waals surface area contributed by atoms with Crippen LogP contribution in [-0.4, -0.2) is 18.4 Å². The minimum Gasteiger partial charge on any atom is -0.459 e. The summed E-state index contributed by atoms with van der Waals surface area (Å²) < 4.78 is 10.3. The molecule has 0 aliphatic rings. The van der Waals surface area contributed by atoms with Crippen molar-refractivity contribution in [3.05, 3.63) is 66.7 Å². The van der Waals surface area contributed by atoms with Crippen LogP contribution >= 0.6 is 22.9 Å². The highest BCUT2D eigenvalue weighted by Gasteiger charge is 2.13. The molecule has 0 aliphatic heterocycles. The van der Waals surface area contributed by atoms with E-state index in [4.69, 9.17) is 20.8 Å². The molecule has 6 nitrogen and oxygen atoms in total. The Labute approximate surface area is 163 Å². The van der Waals surface area contributed by atoms with Crippen LogP contribution in [0.4, 0.5) is 0 Å². The molecule has 3 aromatic rings. The largest absolute Gasteiger partial charge is 0.459 e. The molecule has 140 valence electrons. The van der Waals surface area contributed by atoms with Gasteiger partial charge >= 0.3 is 11.6 Å². The number of nitrogens with one attached hydrogen (secondary N) is 1. The number of amides is 1. The molecule has 1 amide bonds. The molecule has 0 fully saturated rings. The Morgan fingerprint density at radius 2 is 2.00 bits per heavy atom. The van der Waals surface area contributed by atoms with E-state index in [-0.39, 0.29) is 19.1 Å². The van der Waals surface area contributed by atoms with Gasteiger partial charge in [0.1, 0.15) is 18.7 Å². The van der Waals surface area contributed by atoms with Gasteiger partial charge < -0.3 is 14.5 Å². The van der Waals surface area contributed by atoms with Gasteiger partial charge in [-0.25, -0.2) is 4.79 Å². The van der Waals surface area contributed by atoms with Gasteiger partial charge in [-0.05, 0) is 43.7 Å². The number of fused-ring (bicyclic) bond motifs is 1. The number of hydrogen-bond acceptors (Lipinski definition) is 6. The fraction of sp³-hybridized carbons (Fsp3) is 0.211. The van der Waals surface area contributed by atoms with Gasteiger partial charge in [0.2, 0.25) is 0 Å². The second-order valence-corrected chi connectivity index (χ2v) is 7.64. The maximum Gasteiger partial charge on any atom is 0.336 e. The summed E-state index contributed by atoms with van der Waals surface area (Å²) in [7, 11) is 0. The summed E-state index contributed by atoms with van der Waals surface area (Å²) in [6.07, 6.45) is 0. The molecule has 1 N–H and O–H groups in total. The zero-order chi connectivity index (χ0) is 19.6. The summed E-state index contributed by atoms with van der Waals surface area (Å²) in [5.41, 5.74) is 1.08. The van der Waals surface area contributed by atoms with Gasteiger partial charge in [-0.2, -0.15) is 0 Å². The third kappa shape index (κ3) is 4.56. The van der Waals surface area contributed by atoms with E-state index in [1.54, 1.807) is 25.1 Å². The standard InChI is InChI=1S/C19H16ClNO5S/c1-10-5-15-13(7-14(10)20)12(6-17(22)26-15)9-25-18(23)8-21-19(24)16-4-3-11(2)27-16/h3-7H,8-9H2,1-2H3,(H,21,24). The van der Waals surface area contributed by atoms with Crippen LogP contribution in [0.3, 0.4) is 0 Å². The van der Waals surface area contributed by atoms with Crippen molar-refractivity contribution in [2.45, 2.75) is 20.5 Å². The zero-order valence-corrected chi connectivity index (χ0v) is 16.2. The number of esters is 1. The minimum atomic E-state index is -0.615. The average Bonchev–Trinajstić information content (AvgIpc) is 3.05. The Morgan fingerprint density at radius 1 is 1.22 bits per heavy atom. The molecule has 2 aromatic heterocycles. The first-order chi connectivity index (χ1) is 12.8. The number of hydrogen-bond donors (Lipinski definition) is 1. The molecule has 3 rings (SSSR count). The number of carbonyl (C=O) groups excluding carboxylic acids is 2. The Balaban J connectivity index is 1.66. The molecule has 0 unspecified atom stereocenters. The summed E-state index contributed by atoms with van der Waals surface area (Å²) in [6, 6.07) is 8.11. The Kier molecular flexibility index (Phi) is 5.62. The lowest BCUT2D eigenvalue weighted by molar-refractivity contribution is -0.143. The van der Waals surface area contributed by atoms with Crippen LogP contribution < -0.4 is 10.9 Å². The van der Waals surface area contributed by atoms with E-state index in [2.05, 4.69) is 5.32 Å². The van der Waals surface area contributed by atoms with Crippen LogP contribution in [0.5, 0.6) is 0 Å². The van der Waals surface area contributed by atoms with Crippen molar-refractivity contribution in [1.82, 2.24) is 5.32 Å². The van der Waals surface area contributed by atoms with E-state index in [1.807, 2.05) is 13.0 Å². The van der Waals surface area contributed by atoms with Crippen LogP contribution in [-0.2, 0) is 16.1 Å². The number of carbonyl (C=O) groups is 2. The first-order valence-electron chi connectivity index (χ1n) is 8.06. The highest BCUT2D eigenvalue weighted by molar-refractivity contribution is 7.13. The van der Waals surface area contributed by atoms with E-state index >= 15 is 0 Å². The number of ether oxygens (including phenoxy) is 1. The summed E-state index contributed by atoms with van der Waals surface area (Å²) in [5, 5.41) is 3.62. The second-order valence-electron chi connectivity index (χ2n) is 5.94. The highest BCUT2D eigenvalue weighted by atomic mass is 35.5. The quantitative estimate of drug-likeness (QED) is 0.517. The van der Waals surface area contributed by atoms with Crippen LogP contribution in [0.25, 0.3) is 11.0 Å². The lowest BCUT2D eigenvalue weighted by Gasteiger charge is -2.09. The third-order valence-corrected chi connectivity index (χ3v) is 5.26.